The van der Waals surface area contributed by atoms with Gasteiger partial charge in [0.15, 0.2) is 0 Å². The maximum atomic E-state index is 12.5. The molecule has 6 nitrogen and oxygen atoms in total. The Morgan fingerprint density at radius 3 is 2.69 bits per heavy atom. The topological polar surface area (TPSA) is 59.4 Å². The molecule has 2 saturated heterocycles. The molecule has 3 aliphatic rings. The predicted molar refractivity (Wildman–Crippen MR) is 99.7 cm³/mol. The second-order valence-corrected chi connectivity index (χ2v) is 9.07. The van der Waals surface area contributed by atoms with E-state index in [0.717, 1.165) is 31.0 Å². The van der Waals surface area contributed by atoms with Gasteiger partial charge in [0, 0.05) is 68.2 Å². The van der Waals surface area contributed by atoms with Crippen molar-refractivity contribution in [3.05, 3.63) is 17.0 Å². The molecule has 1 aromatic rings. The van der Waals surface area contributed by atoms with E-state index in [1.807, 2.05) is 23.7 Å². The van der Waals surface area contributed by atoms with Gasteiger partial charge in [0.1, 0.15) is 0 Å². The number of nitrogens with one attached hydrogen (secondary N) is 1. The van der Waals surface area contributed by atoms with E-state index in [0.29, 0.717) is 24.5 Å². The van der Waals surface area contributed by atoms with Crippen molar-refractivity contribution < 1.29 is 9.53 Å². The fourth-order valence-corrected chi connectivity index (χ4v) is 5.80. The molecule has 6 heteroatoms. The Hall–Kier alpha value is -1.40. The first-order valence-electron chi connectivity index (χ1n) is 9.84. The summed E-state index contributed by atoms with van der Waals surface area (Å²) in [4.78, 5) is 14.4. The first kappa shape index (κ1) is 18.0. The van der Waals surface area contributed by atoms with Gasteiger partial charge in [-0.3, -0.25) is 9.48 Å². The molecule has 26 heavy (non-hydrogen) atoms. The quantitative estimate of drug-likeness (QED) is 0.892. The minimum Gasteiger partial charge on any atom is -0.377 e. The zero-order chi connectivity index (χ0) is 18.8. The molecule has 1 N–H and O–H groups in total. The first-order chi connectivity index (χ1) is 12.2. The number of nitrogens with zero attached hydrogens (tertiary/aromatic N) is 3. The molecule has 3 unspecified atom stereocenters. The van der Waals surface area contributed by atoms with Crippen LogP contribution in [0.3, 0.4) is 0 Å². The van der Waals surface area contributed by atoms with Crippen molar-refractivity contribution in [3.8, 4) is 0 Å². The van der Waals surface area contributed by atoms with Gasteiger partial charge in [-0.1, -0.05) is 13.8 Å². The minimum atomic E-state index is 0.113. The number of fused-ring (bicyclic) bond motifs is 1. The molecule has 144 valence electrons. The smallest absolute Gasteiger partial charge is 0.223 e. The Morgan fingerprint density at radius 2 is 2.04 bits per heavy atom. The van der Waals surface area contributed by atoms with Crippen LogP contribution in [0.25, 0.3) is 0 Å². The third-order valence-electron chi connectivity index (χ3n) is 7.26. The van der Waals surface area contributed by atoms with Gasteiger partial charge in [0.05, 0.1) is 17.8 Å². The summed E-state index contributed by atoms with van der Waals surface area (Å²) in [5.74, 6) is 1.14. The predicted octanol–water partition coefficient (Wildman–Crippen LogP) is 1.96. The fraction of sp³-hybridized carbons (Fsp3) is 0.800. The van der Waals surface area contributed by atoms with Crippen LogP contribution in [-0.4, -0.2) is 52.9 Å². The summed E-state index contributed by atoms with van der Waals surface area (Å²) in [7, 11) is 3.92. The summed E-state index contributed by atoms with van der Waals surface area (Å²) < 4.78 is 7.85. The number of hydrogen-bond acceptors (Lipinski definition) is 4. The lowest BCUT2D eigenvalue weighted by molar-refractivity contribution is -0.127. The van der Waals surface area contributed by atoms with Crippen LogP contribution in [0.4, 0.5) is 0 Å². The Morgan fingerprint density at radius 1 is 1.31 bits per heavy atom. The monoisotopic (exact) mass is 360 g/mol. The molecule has 3 fully saturated rings. The molecule has 0 spiro atoms. The molecule has 2 aliphatic heterocycles. The van der Waals surface area contributed by atoms with Crippen molar-refractivity contribution in [1.29, 1.82) is 0 Å². The van der Waals surface area contributed by atoms with E-state index in [4.69, 9.17) is 4.74 Å². The molecule has 3 heterocycles. The first-order valence-corrected chi connectivity index (χ1v) is 9.84. The largest absolute Gasteiger partial charge is 0.377 e. The molecule has 1 aromatic heterocycles. The van der Waals surface area contributed by atoms with Gasteiger partial charge in [-0.05, 0) is 20.3 Å². The van der Waals surface area contributed by atoms with E-state index >= 15 is 0 Å². The van der Waals surface area contributed by atoms with Crippen LogP contribution in [0.2, 0.25) is 0 Å². The lowest BCUT2D eigenvalue weighted by Crippen LogP contribution is -2.66. The molecule has 1 amide bonds. The Kier molecular flexibility index (Phi) is 4.19. The van der Waals surface area contributed by atoms with Crippen LogP contribution in [0.5, 0.6) is 0 Å². The highest BCUT2D eigenvalue weighted by molar-refractivity contribution is 5.79. The van der Waals surface area contributed by atoms with E-state index in [2.05, 4.69) is 38.1 Å². The molecular formula is C20H32N4O2. The highest BCUT2D eigenvalue weighted by Crippen LogP contribution is 2.52. The van der Waals surface area contributed by atoms with E-state index in [9.17, 15) is 4.79 Å². The van der Waals surface area contributed by atoms with Crippen molar-refractivity contribution in [2.24, 2.45) is 24.3 Å². The lowest BCUT2D eigenvalue weighted by Gasteiger charge is -2.55. The second-order valence-electron chi connectivity index (χ2n) is 9.07. The number of likely N-dealkylation sites (tertiary alicyclic amines) is 1. The fourth-order valence-electron chi connectivity index (χ4n) is 5.80. The lowest BCUT2D eigenvalue weighted by atomic mass is 9.57. The zero-order valence-corrected chi connectivity index (χ0v) is 16.9. The molecule has 0 bridgehead atoms. The molecule has 1 aliphatic carbocycles. The number of aromatic nitrogens is 2. The van der Waals surface area contributed by atoms with Crippen LogP contribution in [0, 0.1) is 31.1 Å². The molecule has 5 atom stereocenters. The van der Waals surface area contributed by atoms with Crippen LogP contribution >= 0.6 is 0 Å². The van der Waals surface area contributed by atoms with E-state index < -0.39 is 0 Å². The SMILES string of the molecule is Cc1nn(C)c(C)c1[C@H]1[C@H](CNC2C3CCOC3C2(C)C)CC(=O)N1C. The van der Waals surface area contributed by atoms with Gasteiger partial charge in [0.2, 0.25) is 5.91 Å². The average molecular weight is 361 g/mol. The third-order valence-corrected chi connectivity index (χ3v) is 7.26. The zero-order valence-electron chi connectivity index (χ0n) is 16.9. The number of ether oxygens (including phenoxy) is 1. The standard InChI is InChI=1S/C20H32N4O2/c1-11-16(12(2)24(6)22-11)17-13(9-15(25)23(17)5)10-21-18-14-7-8-26-19(14)20(18,3)4/h13-14,17-19,21H,7-10H2,1-6H3/t13-,14?,17+,18?,19?/m0/s1. The Labute approximate surface area is 156 Å². The third kappa shape index (κ3) is 2.45. The number of hydrogen-bond donors (Lipinski definition) is 1. The Bertz CT molecular complexity index is 726. The second kappa shape index (κ2) is 6.06. The van der Waals surface area contributed by atoms with Crippen molar-refractivity contribution in [3.63, 3.8) is 0 Å². The maximum absolute atomic E-state index is 12.5. The molecule has 4 rings (SSSR count). The van der Waals surface area contributed by atoms with E-state index in [1.165, 1.54) is 5.56 Å². The molecule has 0 aromatic carbocycles. The maximum Gasteiger partial charge on any atom is 0.223 e. The van der Waals surface area contributed by atoms with Gasteiger partial charge in [-0.2, -0.15) is 5.10 Å². The van der Waals surface area contributed by atoms with Crippen LogP contribution in [0.15, 0.2) is 0 Å². The van der Waals surface area contributed by atoms with Crippen LogP contribution in [0.1, 0.15) is 49.7 Å². The highest BCUT2D eigenvalue weighted by atomic mass is 16.5. The van der Waals surface area contributed by atoms with Gasteiger partial charge in [-0.25, -0.2) is 0 Å². The summed E-state index contributed by atoms with van der Waals surface area (Å²) in [5.41, 5.74) is 3.59. The van der Waals surface area contributed by atoms with Crippen molar-refractivity contribution in [1.82, 2.24) is 20.0 Å². The normalized spacial score (nSPS) is 35.7. The average Bonchev–Trinajstić information content (AvgIpc) is 3.20. The summed E-state index contributed by atoms with van der Waals surface area (Å²) in [6.07, 6.45) is 2.16. The summed E-state index contributed by atoms with van der Waals surface area (Å²) in [5, 5.41) is 8.40. The number of amides is 1. The number of carbonyl (C=O) groups is 1. The molecule has 1 saturated carbocycles. The number of rotatable bonds is 4. The van der Waals surface area contributed by atoms with Gasteiger partial charge < -0.3 is 15.0 Å². The summed E-state index contributed by atoms with van der Waals surface area (Å²) in [6.45, 7) is 10.5. The van der Waals surface area contributed by atoms with Gasteiger partial charge in [0.25, 0.3) is 0 Å². The van der Waals surface area contributed by atoms with Crippen molar-refractivity contribution in [2.45, 2.75) is 58.7 Å². The molecular weight excluding hydrogens is 328 g/mol. The van der Waals surface area contributed by atoms with Crippen LogP contribution < -0.4 is 5.32 Å². The van der Waals surface area contributed by atoms with E-state index in [1.54, 1.807) is 0 Å². The van der Waals surface area contributed by atoms with Gasteiger partial charge in [-0.15, -0.1) is 0 Å². The highest BCUT2D eigenvalue weighted by Gasteiger charge is 2.59. The minimum absolute atomic E-state index is 0.113. The van der Waals surface area contributed by atoms with E-state index in [-0.39, 0.29) is 23.3 Å². The molecule has 0 radical (unpaired) electrons. The van der Waals surface area contributed by atoms with Crippen molar-refractivity contribution >= 4 is 5.91 Å². The summed E-state index contributed by atoms with van der Waals surface area (Å²) in [6, 6.07) is 0.593. The van der Waals surface area contributed by atoms with Crippen LogP contribution in [-0.2, 0) is 16.6 Å². The summed E-state index contributed by atoms with van der Waals surface area (Å²) >= 11 is 0. The number of aryl methyl sites for hydroxylation is 2. The van der Waals surface area contributed by atoms with Gasteiger partial charge >= 0.3 is 0 Å². The number of carbonyl (C=O) groups excluding carboxylic acids is 1. The Balaban J connectivity index is 1.53. The van der Waals surface area contributed by atoms with Crippen molar-refractivity contribution in [2.75, 3.05) is 20.2 Å².